The van der Waals surface area contributed by atoms with Gasteiger partial charge in [-0.15, -0.1) is 0 Å². The van der Waals surface area contributed by atoms with Gasteiger partial charge in [-0.05, 0) is 12.1 Å². The van der Waals surface area contributed by atoms with Crippen molar-refractivity contribution in [3.8, 4) is 11.4 Å². The molecule has 0 saturated carbocycles. The highest BCUT2D eigenvalue weighted by molar-refractivity contribution is 5.83. The average Bonchev–Trinajstić information content (AvgIpc) is 2.77. The lowest BCUT2D eigenvalue weighted by Crippen LogP contribution is -2.12. The molecule has 1 aromatic heterocycles. The molecule has 4 nitrogen and oxygen atoms in total. The summed E-state index contributed by atoms with van der Waals surface area (Å²) in [6.45, 7) is 0. The van der Waals surface area contributed by atoms with Gasteiger partial charge in [-0.1, -0.05) is 17.3 Å². The molecule has 0 amide bonds. The Morgan fingerprint density at radius 1 is 1.39 bits per heavy atom. The highest BCUT2D eigenvalue weighted by atomic mass is 19.3. The summed E-state index contributed by atoms with van der Waals surface area (Å²) in [5, 5.41) is 3.49. The number of halogens is 3. The Balaban J connectivity index is 2.18. The van der Waals surface area contributed by atoms with Gasteiger partial charge < -0.3 is 4.52 Å². The maximum atomic E-state index is 12.9. The Hall–Kier alpha value is -2.18. The molecule has 94 valence electrons. The maximum Gasteiger partial charge on any atom is 0.296 e. The van der Waals surface area contributed by atoms with Crippen LogP contribution in [0.1, 0.15) is 5.89 Å². The van der Waals surface area contributed by atoms with Crippen molar-refractivity contribution in [2.24, 2.45) is 0 Å². The lowest BCUT2D eigenvalue weighted by Gasteiger charge is -1.93. The molecule has 7 heteroatoms. The van der Waals surface area contributed by atoms with E-state index in [-0.39, 0.29) is 11.7 Å². The van der Waals surface area contributed by atoms with Crippen LogP contribution < -0.4 is 0 Å². The smallest absolute Gasteiger partial charge is 0.296 e. The molecule has 2 aromatic rings. The first kappa shape index (κ1) is 12.3. The second-order valence-corrected chi connectivity index (χ2v) is 3.47. The summed E-state index contributed by atoms with van der Waals surface area (Å²) < 4.78 is 41.6. The molecule has 1 aromatic carbocycles. The molecule has 0 fully saturated rings. The van der Waals surface area contributed by atoms with Crippen molar-refractivity contribution in [1.29, 1.82) is 0 Å². The van der Waals surface area contributed by atoms with Gasteiger partial charge in [-0.25, -0.2) is 13.2 Å². The fourth-order valence-electron chi connectivity index (χ4n) is 1.30. The Morgan fingerprint density at radius 2 is 2.17 bits per heavy atom. The van der Waals surface area contributed by atoms with Crippen LogP contribution in [-0.2, 0) is 11.2 Å². The Labute approximate surface area is 99.4 Å². The van der Waals surface area contributed by atoms with Gasteiger partial charge in [0.15, 0.2) is 0 Å². The lowest BCUT2D eigenvalue weighted by atomic mass is 10.2. The van der Waals surface area contributed by atoms with Crippen LogP contribution in [0.15, 0.2) is 28.8 Å². The summed E-state index contributed by atoms with van der Waals surface area (Å²) in [5.41, 5.74) is 0.342. The van der Waals surface area contributed by atoms with E-state index in [4.69, 9.17) is 0 Å². The molecule has 2 rings (SSSR count). The normalized spacial score (nSPS) is 10.9. The van der Waals surface area contributed by atoms with E-state index in [0.29, 0.717) is 5.56 Å². The van der Waals surface area contributed by atoms with Crippen LogP contribution in [0.4, 0.5) is 13.2 Å². The quantitative estimate of drug-likeness (QED) is 0.841. The topological polar surface area (TPSA) is 56.0 Å². The standard InChI is InChI=1S/C11H7F3N2O2/c12-7-3-1-2-6(4-7)11-15-9(18-16-11)5-8(17)10(13)14/h1-4,10H,5H2. The van der Waals surface area contributed by atoms with Gasteiger partial charge in [0.1, 0.15) is 5.82 Å². The minimum Gasteiger partial charge on any atom is -0.338 e. The van der Waals surface area contributed by atoms with Crippen LogP contribution >= 0.6 is 0 Å². The number of rotatable bonds is 4. The second kappa shape index (κ2) is 4.99. The van der Waals surface area contributed by atoms with Gasteiger partial charge in [0.05, 0.1) is 6.42 Å². The fourth-order valence-corrected chi connectivity index (χ4v) is 1.30. The summed E-state index contributed by atoms with van der Waals surface area (Å²) in [5.74, 6) is -1.96. The molecule has 0 aliphatic heterocycles. The van der Waals surface area contributed by atoms with Crippen LogP contribution in [0.3, 0.4) is 0 Å². The summed E-state index contributed by atoms with van der Waals surface area (Å²) in [7, 11) is 0. The van der Waals surface area contributed by atoms with Gasteiger partial charge in [0.2, 0.25) is 17.5 Å². The molecule has 18 heavy (non-hydrogen) atoms. The van der Waals surface area contributed by atoms with Crippen molar-refractivity contribution in [3.05, 3.63) is 36.0 Å². The van der Waals surface area contributed by atoms with E-state index in [2.05, 4.69) is 14.7 Å². The van der Waals surface area contributed by atoms with Crippen molar-refractivity contribution >= 4 is 5.78 Å². The zero-order chi connectivity index (χ0) is 13.1. The van der Waals surface area contributed by atoms with Crippen molar-refractivity contribution < 1.29 is 22.5 Å². The fraction of sp³-hybridized carbons (Fsp3) is 0.182. The third-order valence-electron chi connectivity index (χ3n) is 2.12. The van der Waals surface area contributed by atoms with E-state index >= 15 is 0 Å². The molecule has 0 spiro atoms. The second-order valence-electron chi connectivity index (χ2n) is 3.47. The number of aromatic nitrogens is 2. The number of nitrogens with zero attached hydrogens (tertiary/aromatic N) is 2. The summed E-state index contributed by atoms with van der Waals surface area (Å²) in [6, 6.07) is 5.39. The first-order valence-electron chi connectivity index (χ1n) is 4.95. The van der Waals surface area contributed by atoms with Crippen LogP contribution in [0.25, 0.3) is 11.4 Å². The number of carbonyl (C=O) groups excluding carboxylic acids is 1. The molecular weight excluding hydrogens is 249 g/mol. The maximum absolute atomic E-state index is 12.9. The average molecular weight is 256 g/mol. The largest absolute Gasteiger partial charge is 0.338 e. The predicted octanol–water partition coefficient (Wildman–Crippen LogP) is 2.25. The molecule has 0 saturated heterocycles. The zero-order valence-corrected chi connectivity index (χ0v) is 8.94. The monoisotopic (exact) mass is 256 g/mol. The number of hydrogen-bond acceptors (Lipinski definition) is 4. The van der Waals surface area contributed by atoms with Crippen LogP contribution in [0.2, 0.25) is 0 Å². The molecule has 0 aliphatic rings. The number of alkyl halides is 2. The van der Waals surface area contributed by atoms with Gasteiger partial charge in [0.25, 0.3) is 6.43 Å². The van der Waals surface area contributed by atoms with Crippen LogP contribution in [0.5, 0.6) is 0 Å². The van der Waals surface area contributed by atoms with Crippen molar-refractivity contribution in [2.45, 2.75) is 12.8 Å². The Kier molecular flexibility index (Phi) is 3.40. The van der Waals surface area contributed by atoms with Crippen molar-refractivity contribution in [2.75, 3.05) is 0 Å². The third-order valence-corrected chi connectivity index (χ3v) is 2.12. The Morgan fingerprint density at radius 3 is 2.83 bits per heavy atom. The van der Waals surface area contributed by atoms with Gasteiger partial charge in [0, 0.05) is 5.56 Å². The minimum absolute atomic E-state index is 0.0477. The third kappa shape index (κ3) is 2.73. The molecule has 0 atom stereocenters. The molecular formula is C11H7F3N2O2. The predicted molar refractivity (Wildman–Crippen MR) is 54.4 cm³/mol. The summed E-state index contributed by atoms with van der Waals surface area (Å²) >= 11 is 0. The number of Topliss-reactive ketones (excluding diaryl/α,β-unsaturated/α-hetero) is 1. The van der Waals surface area contributed by atoms with Gasteiger partial charge >= 0.3 is 0 Å². The Bertz CT molecular complexity index is 569. The molecule has 0 bridgehead atoms. The van der Waals surface area contributed by atoms with Crippen LogP contribution in [-0.4, -0.2) is 22.3 Å². The molecule has 0 aliphatic carbocycles. The van der Waals surface area contributed by atoms with Crippen molar-refractivity contribution in [3.63, 3.8) is 0 Å². The number of carbonyl (C=O) groups is 1. The zero-order valence-electron chi connectivity index (χ0n) is 8.94. The van der Waals surface area contributed by atoms with E-state index < -0.39 is 24.4 Å². The number of hydrogen-bond donors (Lipinski definition) is 0. The van der Waals surface area contributed by atoms with Gasteiger partial charge in [-0.3, -0.25) is 4.79 Å². The van der Waals surface area contributed by atoms with Gasteiger partial charge in [-0.2, -0.15) is 4.98 Å². The molecule has 0 unspecified atom stereocenters. The highest BCUT2D eigenvalue weighted by Gasteiger charge is 2.19. The van der Waals surface area contributed by atoms with E-state index in [1.54, 1.807) is 0 Å². The SMILES string of the molecule is O=C(Cc1nc(-c2cccc(F)c2)no1)C(F)F. The highest BCUT2D eigenvalue weighted by Crippen LogP contribution is 2.17. The van der Waals surface area contributed by atoms with Crippen LogP contribution in [0, 0.1) is 5.82 Å². The first-order valence-corrected chi connectivity index (χ1v) is 4.95. The molecule has 0 radical (unpaired) electrons. The van der Waals surface area contributed by atoms with E-state index in [9.17, 15) is 18.0 Å². The summed E-state index contributed by atoms with van der Waals surface area (Å²) in [4.78, 5) is 14.5. The van der Waals surface area contributed by atoms with E-state index in [1.165, 1.54) is 24.3 Å². The number of benzene rings is 1. The van der Waals surface area contributed by atoms with Crippen molar-refractivity contribution in [1.82, 2.24) is 10.1 Å². The van der Waals surface area contributed by atoms with E-state index in [0.717, 1.165) is 0 Å². The summed E-state index contributed by atoms with van der Waals surface area (Å²) in [6.07, 6.45) is -3.71. The number of ketones is 1. The minimum atomic E-state index is -3.07. The first-order chi connectivity index (χ1) is 8.56. The molecule has 0 N–H and O–H groups in total. The van der Waals surface area contributed by atoms with E-state index in [1.807, 2.05) is 0 Å². The molecule has 1 heterocycles. The lowest BCUT2D eigenvalue weighted by molar-refractivity contribution is -0.129.